The summed E-state index contributed by atoms with van der Waals surface area (Å²) in [4.78, 5) is 15.7. The smallest absolute Gasteiger partial charge is 0.271 e. The van der Waals surface area contributed by atoms with Gasteiger partial charge in [0.25, 0.3) is 5.69 Å². The standard InChI is InChI=1S/C21H22ClN3O2S/c1-20(2)16-11-14(23(3)4)6-7-18(16)24(5)21(20)9-8-13-10-15(25(26)27)12-17(22)19(13)28-21/h6-12H,1-5H3. The van der Waals surface area contributed by atoms with Crippen LogP contribution in [0.1, 0.15) is 25.0 Å². The second-order valence-electron chi connectivity index (χ2n) is 8.01. The van der Waals surface area contributed by atoms with Crippen LogP contribution in [-0.2, 0) is 5.41 Å². The molecule has 0 amide bonds. The van der Waals surface area contributed by atoms with Crippen molar-refractivity contribution in [3.05, 3.63) is 62.7 Å². The van der Waals surface area contributed by atoms with Gasteiger partial charge in [0.2, 0.25) is 0 Å². The van der Waals surface area contributed by atoms with E-state index in [0.717, 1.165) is 16.1 Å². The van der Waals surface area contributed by atoms with Crippen LogP contribution in [0.5, 0.6) is 0 Å². The molecule has 146 valence electrons. The molecule has 2 aliphatic rings. The van der Waals surface area contributed by atoms with Crippen LogP contribution in [0.3, 0.4) is 0 Å². The van der Waals surface area contributed by atoms with E-state index in [1.807, 2.05) is 20.2 Å². The number of halogens is 1. The second kappa shape index (κ2) is 6.16. The van der Waals surface area contributed by atoms with E-state index in [9.17, 15) is 10.1 Å². The van der Waals surface area contributed by atoms with E-state index < -0.39 is 4.92 Å². The first-order valence-corrected chi connectivity index (χ1v) is 10.2. The summed E-state index contributed by atoms with van der Waals surface area (Å²) >= 11 is 8.16. The Morgan fingerprint density at radius 3 is 2.57 bits per heavy atom. The molecule has 0 radical (unpaired) electrons. The topological polar surface area (TPSA) is 49.6 Å². The fraction of sp³-hybridized carbons (Fsp3) is 0.333. The number of nitro groups is 1. The molecule has 5 nitrogen and oxygen atoms in total. The lowest BCUT2D eigenvalue weighted by Gasteiger charge is -2.45. The third kappa shape index (κ3) is 2.47. The summed E-state index contributed by atoms with van der Waals surface area (Å²) in [6, 6.07) is 9.59. The number of hydrogen-bond acceptors (Lipinski definition) is 5. The first-order valence-electron chi connectivity index (χ1n) is 9.00. The molecule has 7 heteroatoms. The molecule has 2 aromatic rings. The fourth-order valence-corrected chi connectivity index (χ4v) is 6.02. The predicted octanol–water partition coefficient (Wildman–Crippen LogP) is 5.56. The molecule has 0 aromatic heterocycles. The van der Waals surface area contributed by atoms with Crippen LogP contribution >= 0.6 is 23.4 Å². The highest BCUT2D eigenvalue weighted by Gasteiger charge is 2.56. The number of nitrogens with zero attached hydrogens (tertiary/aromatic N) is 3. The van der Waals surface area contributed by atoms with Crippen LogP contribution in [0, 0.1) is 10.1 Å². The van der Waals surface area contributed by atoms with Crippen LogP contribution in [-0.4, -0.2) is 30.9 Å². The van der Waals surface area contributed by atoms with Gasteiger partial charge >= 0.3 is 0 Å². The van der Waals surface area contributed by atoms with Gasteiger partial charge in [-0.05, 0) is 35.4 Å². The van der Waals surface area contributed by atoms with Crippen LogP contribution in [0.15, 0.2) is 41.3 Å². The summed E-state index contributed by atoms with van der Waals surface area (Å²) in [5.41, 5.74) is 4.24. The van der Waals surface area contributed by atoms with Gasteiger partial charge in [0.05, 0.1) is 9.95 Å². The largest absolute Gasteiger partial charge is 0.378 e. The van der Waals surface area contributed by atoms with E-state index in [0.29, 0.717) is 5.02 Å². The maximum Gasteiger partial charge on any atom is 0.271 e. The van der Waals surface area contributed by atoms with Crippen molar-refractivity contribution >= 4 is 46.5 Å². The maximum absolute atomic E-state index is 11.2. The third-order valence-electron chi connectivity index (χ3n) is 5.94. The van der Waals surface area contributed by atoms with Crippen molar-refractivity contribution in [2.45, 2.75) is 29.0 Å². The van der Waals surface area contributed by atoms with Crippen molar-refractivity contribution in [3.63, 3.8) is 0 Å². The Hall–Kier alpha value is -2.18. The number of benzene rings is 2. The highest BCUT2D eigenvalue weighted by atomic mass is 35.5. The third-order valence-corrected chi connectivity index (χ3v) is 8.24. The molecule has 0 saturated heterocycles. The van der Waals surface area contributed by atoms with Crippen molar-refractivity contribution in [2.24, 2.45) is 0 Å². The van der Waals surface area contributed by atoms with Crippen molar-refractivity contribution in [1.29, 1.82) is 0 Å². The molecule has 0 bridgehead atoms. The van der Waals surface area contributed by atoms with Gasteiger partial charge in [-0.2, -0.15) is 0 Å². The number of non-ortho nitro benzene ring substituents is 1. The Bertz CT molecular complexity index is 1030. The Morgan fingerprint density at radius 1 is 1.21 bits per heavy atom. The Balaban J connectivity index is 1.86. The minimum Gasteiger partial charge on any atom is -0.378 e. The number of nitro benzene ring substituents is 1. The average molecular weight is 416 g/mol. The molecule has 2 aliphatic heterocycles. The van der Waals surface area contributed by atoms with Crippen molar-refractivity contribution in [2.75, 3.05) is 30.9 Å². The van der Waals surface area contributed by atoms with E-state index in [2.05, 4.69) is 55.0 Å². The SMILES string of the molecule is CN(C)c1ccc2c(c1)C(C)(C)C1(C=Cc3cc([N+](=O)[O-])cc(Cl)c3S1)N2C. The molecule has 2 aromatic carbocycles. The number of thioether (sulfide) groups is 1. The molecule has 0 fully saturated rings. The molecule has 0 aliphatic carbocycles. The van der Waals surface area contributed by atoms with Crippen molar-refractivity contribution in [1.82, 2.24) is 0 Å². The zero-order valence-corrected chi connectivity index (χ0v) is 18.1. The molecule has 1 atom stereocenters. The molecular formula is C21H22ClN3O2S. The minimum atomic E-state index is -0.403. The van der Waals surface area contributed by atoms with Gasteiger partial charge < -0.3 is 9.80 Å². The van der Waals surface area contributed by atoms with Crippen LogP contribution in [0.25, 0.3) is 6.08 Å². The lowest BCUT2D eigenvalue weighted by molar-refractivity contribution is -0.384. The maximum atomic E-state index is 11.2. The molecule has 0 saturated carbocycles. The molecule has 4 rings (SSSR count). The number of hydrogen-bond donors (Lipinski definition) is 0. The number of rotatable bonds is 2. The van der Waals surface area contributed by atoms with E-state index in [1.165, 1.54) is 17.3 Å². The van der Waals surface area contributed by atoms with E-state index in [4.69, 9.17) is 11.6 Å². The minimum absolute atomic E-state index is 0.0166. The van der Waals surface area contributed by atoms with Gasteiger partial charge in [-0.25, -0.2) is 0 Å². The first kappa shape index (κ1) is 19.2. The van der Waals surface area contributed by atoms with E-state index in [1.54, 1.807) is 17.8 Å². The van der Waals surface area contributed by atoms with Gasteiger partial charge in [-0.3, -0.25) is 10.1 Å². The van der Waals surface area contributed by atoms with Crippen molar-refractivity contribution < 1.29 is 4.92 Å². The van der Waals surface area contributed by atoms with Gasteiger partial charge in [-0.15, -0.1) is 0 Å². The van der Waals surface area contributed by atoms with Gasteiger partial charge in [-0.1, -0.05) is 43.3 Å². The summed E-state index contributed by atoms with van der Waals surface area (Å²) in [5.74, 6) is 0. The Kier molecular flexibility index (Phi) is 4.21. The summed E-state index contributed by atoms with van der Waals surface area (Å²) in [6.07, 6.45) is 4.14. The molecule has 1 unspecified atom stereocenters. The number of likely N-dealkylation sites (N-methyl/N-ethyl adjacent to an activating group) is 1. The zero-order valence-electron chi connectivity index (χ0n) is 16.5. The van der Waals surface area contributed by atoms with Gasteiger partial charge in [0.15, 0.2) is 0 Å². The Morgan fingerprint density at radius 2 is 1.93 bits per heavy atom. The first-order chi connectivity index (χ1) is 13.1. The predicted molar refractivity (Wildman–Crippen MR) is 118 cm³/mol. The molecule has 1 spiro atoms. The molecule has 28 heavy (non-hydrogen) atoms. The highest BCUT2D eigenvalue weighted by Crippen LogP contribution is 2.61. The monoisotopic (exact) mass is 415 g/mol. The zero-order chi connectivity index (χ0) is 20.4. The van der Waals surface area contributed by atoms with Crippen LogP contribution < -0.4 is 9.80 Å². The van der Waals surface area contributed by atoms with Gasteiger partial charge in [0, 0.05) is 55.0 Å². The summed E-state index contributed by atoms with van der Waals surface area (Å²) in [6.45, 7) is 4.49. The number of fused-ring (bicyclic) bond motifs is 2. The van der Waals surface area contributed by atoms with Crippen LogP contribution in [0.4, 0.5) is 17.1 Å². The normalized spacial score (nSPS) is 21.6. The average Bonchev–Trinajstić information content (AvgIpc) is 2.80. The van der Waals surface area contributed by atoms with Crippen molar-refractivity contribution in [3.8, 4) is 0 Å². The summed E-state index contributed by atoms with van der Waals surface area (Å²) in [5, 5.41) is 11.6. The van der Waals surface area contributed by atoms with Crippen LogP contribution in [0.2, 0.25) is 5.02 Å². The number of anilines is 2. The molecular weight excluding hydrogens is 394 g/mol. The second-order valence-corrected chi connectivity index (χ2v) is 9.66. The lowest BCUT2D eigenvalue weighted by atomic mass is 9.79. The Labute approximate surface area is 174 Å². The van der Waals surface area contributed by atoms with Gasteiger partial charge in [0.1, 0.15) is 4.87 Å². The summed E-state index contributed by atoms with van der Waals surface area (Å²) in [7, 11) is 6.19. The van der Waals surface area contributed by atoms with E-state index in [-0.39, 0.29) is 16.0 Å². The van der Waals surface area contributed by atoms with E-state index >= 15 is 0 Å². The molecule has 2 heterocycles. The fourth-order valence-electron chi connectivity index (χ4n) is 4.23. The molecule has 0 N–H and O–H groups in total. The highest BCUT2D eigenvalue weighted by molar-refractivity contribution is 8.01. The lowest BCUT2D eigenvalue weighted by Crippen LogP contribution is -2.50. The summed E-state index contributed by atoms with van der Waals surface area (Å²) < 4.78 is 0. The quantitative estimate of drug-likeness (QED) is 0.475.